The van der Waals surface area contributed by atoms with E-state index in [-0.39, 0.29) is 24.2 Å². The van der Waals surface area contributed by atoms with E-state index in [4.69, 9.17) is 5.73 Å². The average molecular weight is 263 g/mol. The van der Waals surface area contributed by atoms with E-state index >= 15 is 0 Å². The minimum absolute atomic E-state index is 0.0870. The molecule has 0 aromatic heterocycles. The Balaban J connectivity index is 2.83. The van der Waals surface area contributed by atoms with Gasteiger partial charge in [-0.05, 0) is 12.8 Å². The molecule has 1 aliphatic heterocycles. The molecule has 0 bridgehead atoms. The second-order valence-electron chi connectivity index (χ2n) is 4.37. The van der Waals surface area contributed by atoms with E-state index < -0.39 is 16.1 Å². The lowest BCUT2D eigenvalue weighted by atomic mass is 10.2. The third kappa shape index (κ3) is 3.40. The van der Waals surface area contributed by atoms with Gasteiger partial charge in [-0.1, -0.05) is 13.3 Å². The Morgan fingerprint density at radius 3 is 2.71 bits per heavy atom. The summed E-state index contributed by atoms with van der Waals surface area (Å²) in [4.78, 5) is 11.6. The van der Waals surface area contributed by atoms with Crippen LogP contribution in [0.3, 0.4) is 0 Å². The van der Waals surface area contributed by atoms with Crippen LogP contribution in [0.1, 0.15) is 26.2 Å². The van der Waals surface area contributed by atoms with Crippen LogP contribution in [0, 0.1) is 0 Å². The quantitative estimate of drug-likeness (QED) is 0.683. The van der Waals surface area contributed by atoms with Gasteiger partial charge in [0, 0.05) is 19.6 Å². The summed E-state index contributed by atoms with van der Waals surface area (Å²) in [7, 11) is -1.86. The van der Waals surface area contributed by atoms with Crippen molar-refractivity contribution in [2.24, 2.45) is 5.73 Å². The summed E-state index contributed by atoms with van der Waals surface area (Å²) >= 11 is 0. The second-order valence-corrected chi connectivity index (χ2v) is 6.41. The SMILES string of the molecule is CCCCS(=O)(=O)N1C[C@H](N)C[C@H]1C(=O)NC. The lowest BCUT2D eigenvalue weighted by Crippen LogP contribution is -2.45. The highest BCUT2D eigenvalue weighted by molar-refractivity contribution is 7.89. The first-order valence-corrected chi connectivity index (χ1v) is 7.50. The van der Waals surface area contributed by atoms with Crippen molar-refractivity contribution in [1.82, 2.24) is 9.62 Å². The van der Waals surface area contributed by atoms with Gasteiger partial charge in [0.2, 0.25) is 15.9 Å². The Labute approximate surface area is 103 Å². The molecule has 1 aliphatic rings. The van der Waals surface area contributed by atoms with Crippen molar-refractivity contribution in [3.8, 4) is 0 Å². The van der Waals surface area contributed by atoms with E-state index in [1.165, 1.54) is 11.4 Å². The first-order valence-electron chi connectivity index (χ1n) is 5.89. The number of hydrogen-bond donors (Lipinski definition) is 2. The smallest absolute Gasteiger partial charge is 0.238 e. The van der Waals surface area contributed by atoms with Gasteiger partial charge in [-0.25, -0.2) is 8.42 Å². The highest BCUT2D eigenvalue weighted by Crippen LogP contribution is 2.21. The van der Waals surface area contributed by atoms with Crippen molar-refractivity contribution in [3.05, 3.63) is 0 Å². The minimum Gasteiger partial charge on any atom is -0.358 e. The maximum Gasteiger partial charge on any atom is 0.238 e. The number of likely N-dealkylation sites (N-methyl/N-ethyl adjacent to an activating group) is 1. The molecule has 0 aromatic carbocycles. The number of nitrogens with zero attached hydrogens (tertiary/aromatic N) is 1. The maximum absolute atomic E-state index is 12.1. The Morgan fingerprint density at radius 2 is 2.18 bits per heavy atom. The molecule has 1 heterocycles. The van der Waals surface area contributed by atoms with E-state index in [2.05, 4.69) is 5.32 Å². The molecule has 6 nitrogen and oxygen atoms in total. The summed E-state index contributed by atoms with van der Waals surface area (Å²) in [5.41, 5.74) is 5.75. The first kappa shape index (κ1) is 14.4. The van der Waals surface area contributed by atoms with Gasteiger partial charge in [-0.2, -0.15) is 4.31 Å². The van der Waals surface area contributed by atoms with E-state index in [1.54, 1.807) is 0 Å². The molecule has 0 aliphatic carbocycles. The number of nitrogens with two attached hydrogens (primary N) is 1. The summed E-state index contributed by atoms with van der Waals surface area (Å²) in [5, 5.41) is 2.49. The van der Waals surface area contributed by atoms with Crippen LogP contribution in [0.25, 0.3) is 0 Å². The largest absolute Gasteiger partial charge is 0.358 e. The maximum atomic E-state index is 12.1. The van der Waals surface area contributed by atoms with Gasteiger partial charge in [0.25, 0.3) is 0 Å². The van der Waals surface area contributed by atoms with Gasteiger partial charge >= 0.3 is 0 Å². The van der Waals surface area contributed by atoms with E-state index in [1.807, 2.05) is 6.92 Å². The predicted octanol–water partition coefficient (Wildman–Crippen LogP) is -0.736. The molecule has 1 fully saturated rings. The van der Waals surface area contributed by atoms with Crippen LogP contribution in [-0.4, -0.2) is 50.1 Å². The van der Waals surface area contributed by atoms with Crippen molar-refractivity contribution in [2.45, 2.75) is 38.3 Å². The summed E-state index contributed by atoms with van der Waals surface area (Å²) in [5.74, 6) is -0.193. The molecular formula is C10H21N3O3S. The van der Waals surface area contributed by atoms with Crippen LogP contribution in [0.15, 0.2) is 0 Å². The van der Waals surface area contributed by atoms with Gasteiger partial charge in [-0.15, -0.1) is 0 Å². The molecule has 1 amide bonds. The van der Waals surface area contributed by atoms with Crippen molar-refractivity contribution < 1.29 is 13.2 Å². The Kier molecular flexibility index (Phi) is 4.91. The van der Waals surface area contributed by atoms with Gasteiger partial charge in [0.1, 0.15) is 6.04 Å². The third-order valence-corrected chi connectivity index (χ3v) is 4.87. The summed E-state index contributed by atoms with van der Waals surface area (Å²) in [6.07, 6.45) is 1.81. The van der Waals surface area contributed by atoms with Crippen molar-refractivity contribution in [1.29, 1.82) is 0 Å². The highest BCUT2D eigenvalue weighted by Gasteiger charge is 2.41. The van der Waals surface area contributed by atoms with Crippen molar-refractivity contribution in [2.75, 3.05) is 19.3 Å². The molecule has 3 N–H and O–H groups in total. The number of unbranched alkanes of at least 4 members (excludes halogenated alkanes) is 1. The monoisotopic (exact) mass is 263 g/mol. The van der Waals surface area contributed by atoms with E-state index in [0.717, 1.165) is 6.42 Å². The molecule has 17 heavy (non-hydrogen) atoms. The van der Waals surface area contributed by atoms with Crippen LogP contribution >= 0.6 is 0 Å². The van der Waals surface area contributed by atoms with Gasteiger partial charge in [-0.3, -0.25) is 4.79 Å². The van der Waals surface area contributed by atoms with Crippen LogP contribution in [0.4, 0.5) is 0 Å². The Hall–Kier alpha value is -0.660. The fourth-order valence-corrected chi connectivity index (χ4v) is 3.87. The lowest BCUT2D eigenvalue weighted by Gasteiger charge is -2.22. The van der Waals surface area contributed by atoms with Crippen LogP contribution in [-0.2, 0) is 14.8 Å². The molecule has 0 aromatic rings. The number of carbonyl (C=O) groups excluding carboxylic acids is 1. The number of sulfonamides is 1. The molecule has 100 valence electrons. The number of amides is 1. The molecule has 0 unspecified atom stereocenters. The fourth-order valence-electron chi connectivity index (χ4n) is 1.99. The molecule has 1 rings (SSSR count). The molecule has 0 saturated carbocycles. The van der Waals surface area contributed by atoms with E-state index in [0.29, 0.717) is 12.8 Å². The number of hydrogen-bond acceptors (Lipinski definition) is 4. The first-order chi connectivity index (χ1) is 7.92. The molecule has 0 radical (unpaired) electrons. The second kappa shape index (κ2) is 5.79. The zero-order chi connectivity index (χ0) is 13.1. The molecular weight excluding hydrogens is 242 g/mol. The zero-order valence-electron chi connectivity index (χ0n) is 10.3. The molecule has 1 saturated heterocycles. The van der Waals surface area contributed by atoms with Gasteiger partial charge in [0.05, 0.1) is 5.75 Å². The van der Waals surface area contributed by atoms with E-state index in [9.17, 15) is 13.2 Å². The standard InChI is InChI=1S/C10H21N3O3S/c1-3-4-5-17(15,16)13-7-8(11)6-9(13)10(14)12-2/h8-9H,3-7,11H2,1-2H3,(H,12,14)/t8-,9+/m1/s1. The van der Waals surface area contributed by atoms with Crippen LogP contribution < -0.4 is 11.1 Å². The number of carbonyl (C=O) groups is 1. The van der Waals surface area contributed by atoms with Gasteiger partial charge in [0.15, 0.2) is 0 Å². The number of rotatable bonds is 5. The lowest BCUT2D eigenvalue weighted by molar-refractivity contribution is -0.123. The van der Waals surface area contributed by atoms with Crippen molar-refractivity contribution in [3.63, 3.8) is 0 Å². The molecule has 7 heteroatoms. The normalized spacial score (nSPS) is 26.1. The summed E-state index contributed by atoms with van der Waals surface area (Å²) in [6.45, 7) is 2.17. The fraction of sp³-hybridized carbons (Fsp3) is 0.900. The minimum atomic E-state index is -3.37. The average Bonchev–Trinajstić information content (AvgIpc) is 2.68. The summed E-state index contributed by atoms with van der Waals surface area (Å²) < 4.78 is 25.4. The topological polar surface area (TPSA) is 92.5 Å². The van der Waals surface area contributed by atoms with Crippen LogP contribution in [0.5, 0.6) is 0 Å². The number of nitrogens with one attached hydrogen (secondary N) is 1. The predicted molar refractivity (Wildman–Crippen MR) is 65.8 cm³/mol. The Morgan fingerprint density at radius 1 is 1.53 bits per heavy atom. The molecule has 2 atom stereocenters. The zero-order valence-corrected chi connectivity index (χ0v) is 11.2. The van der Waals surface area contributed by atoms with Gasteiger partial charge < -0.3 is 11.1 Å². The Bertz CT molecular complexity index is 369. The molecule has 0 spiro atoms. The summed E-state index contributed by atoms with van der Waals surface area (Å²) in [6, 6.07) is -0.898. The van der Waals surface area contributed by atoms with Crippen LogP contribution in [0.2, 0.25) is 0 Å². The van der Waals surface area contributed by atoms with Crippen molar-refractivity contribution >= 4 is 15.9 Å². The highest BCUT2D eigenvalue weighted by atomic mass is 32.2. The third-order valence-electron chi connectivity index (χ3n) is 2.95.